The van der Waals surface area contributed by atoms with Gasteiger partial charge in [0, 0.05) is 32.5 Å². The van der Waals surface area contributed by atoms with E-state index in [4.69, 9.17) is 5.73 Å². The number of hydrogen-bond donors (Lipinski definition) is 1. The van der Waals surface area contributed by atoms with Crippen molar-refractivity contribution in [3.63, 3.8) is 0 Å². The van der Waals surface area contributed by atoms with Gasteiger partial charge in [0.2, 0.25) is 5.95 Å². The van der Waals surface area contributed by atoms with Gasteiger partial charge in [-0.05, 0) is 19.3 Å². The first-order chi connectivity index (χ1) is 10.2. The number of nitrogen functional groups attached to an aromatic ring is 1. The summed E-state index contributed by atoms with van der Waals surface area (Å²) >= 11 is 0. The van der Waals surface area contributed by atoms with Gasteiger partial charge in [-0.25, -0.2) is 9.97 Å². The molecule has 0 amide bonds. The van der Waals surface area contributed by atoms with Crippen LogP contribution in [-0.4, -0.2) is 28.9 Å². The maximum absolute atomic E-state index is 6.06. The highest BCUT2D eigenvalue weighted by molar-refractivity contribution is 5.77. The van der Waals surface area contributed by atoms with Crippen LogP contribution in [0.5, 0.6) is 0 Å². The zero-order valence-electron chi connectivity index (χ0n) is 12.5. The Morgan fingerprint density at radius 1 is 1.24 bits per heavy atom. The van der Waals surface area contributed by atoms with E-state index in [1.165, 1.54) is 0 Å². The molecular formula is C14H21N7. The summed E-state index contributed by atoms with van der Waals surface area (Å²) in [5.74, 6) is 0.579. The molecule has 0 radical (unpaired) electrons. The van der Waals surface area contributed by atoms with Crippen LogP contribution >= 0.6 is 0 Å². The molecule has 0 saturated carbocycles. The summed E-state index contributed by atoms with van der Waals surface area (Å²) < 4.78 is 6.04. The van der Waals surface area contributed by atoms with Gasteiger partial charge < -0.3 is 10.3 Å². The number of nitrogens with two attached hydrogens (primary N) is 1. The first-order valence-electron chi connectivity index (χ1n) is 7.34. The molecule has 3 aromatic rings. The zero-order valence-corrected chi connectivity index (χ0v) is 12.5. The van der Waals surface area contributed by atoms with Crippen molar-refractivity contribution in [3.05, 3.63) is 24.4 Å². The number of imidazole rings is 2. The minimum absolute atomic E-state index is 0.579. The van der Waals surface area contributed by atoms with Crippen LogP contribution in [0.4, 0.5) is 5.95 Å². The lowest BCUT2D eigenvalue weighted by atomic mass is 10.3. The zero-order chi connectivity index (χ0) is 14.8. The number of aromatic nitrogens is 6. The van der Waals surface area contributed by atoms with Crippen molar-refractivity contribution < 1.29 is 0 Å². The van der Waals surface area contributed by atoms with Gasteiger partial charge in [0.25, 0.3) is 0 Å². The minimum Gasteiger partial charge on any atom is -0.369 e. The molecule has 21 heavy (non-hydrogen) atoms. The second-order valence-corrected chi connectivity index (χ2v) is 5.23. The molecule has 7 heteroatoms. The fourth-order valence-corrected chi connectivity index (χ4v) is 2.70. The monoisotopic (exact) mass is 287 g/mol. The van der Waals surface area contributed by atoms with Crippen LogP contribution in [0, 0.1) is 0 Å². The van der Waals surface area contributed by atoms with E-state index in [-0.39, 0.29) is 0 Å². The summed E-state index contributed by atoms with van der Waals surface area (Å²) in [6.07, 6.45) is 8.62. The number of unbranched alkanes of at least 4 members (excludes halogenated alkanes) is 1. The molecule has 0 aliphatic heterocycles. The first kappa shape index (κ1) is 13.7. The van der Waals surface area contributed by atoms with Crippen molar-refractivity contribution in [1.29, 1.82) is 0 Å². The van der Waals surface area contributed by atoms with Crippen molar-refractivity contribution in [1.82, 2.24) is 28.9 Å². The fraction of sp³-hybridized carbons (Fsp3) is 0.500. The van der Waals surface area contributed by atoms with Crippen molar-refractivity contribution in [2.75, 3.05) is 5.73 Å². The Bertz CT molecular complexity index is 720. The van der Waals surface area contributed by atoms with E-state index >= 15 is 0 Å². The number of aryl methyl sites for hydroxylation is 4. The molecule has 0 aliphatic carbocycles. The Kier molecular flexibility index (Phi) is 3.64. The smallest absolute Gasteiger partial charge is 0.202 e. The van der Waals surface area contributed by atoms with E-state index in [1.807, 2.05) is 24.3 Å². The highest BCUT2D eigenvalue weighted by Gasteiger charge is 2.16. The van der Waals surface area contributed by atoms with Crippen molar-refractivity contribution in [3.8, 4) is 0 Å². The standard InChI is InChI=1S/C14H21N7/c1-3-11-12-13(19(2)18-11)21(14(15)17-12)8-5-4-7-20-9-6-16-10-20/h6,9-10H,3-5,7-8H2,1-2H3,(H2,15,17). The average molecular weight is 287 g/mol. The molecule has 7 nitrogen and oxygen atoms in total. The van der Waals surface area contributed by atoms with Crippen molar-refractivity contribution >= 4 is 17.1 Å². The van der Waals surface area contributed by atoms with E-state index in [0.717, 1.165) is 49.2 Å². The molecule has 0 atom stereocenters. The summed E-state index contributed by atoms with van der Waals surface area (Å²) in [4.78, 5) is 8.52. The predicted molar refractivity (Wildman–Crippen MR) is 81.8 cm³/mol. The topological polar surface area (TPSA) is 79.5 Å². The quantitative estimate of drug-likeness (QED) is 0.698. The van der Waals surface area contributed by atoms with Crippen molar-refractivity contribution in [2.45, 2.75) is 39.3 Å². The molecule has 0 aromatic carbocycles. The summed E-state index contributed by atoms with van der Waals surface area (Å²) in [7, 11) is 1.95. The molecule has 0 saturated heterocycles. The van der Waals surface area contributed by atoms with Crippen LogP contribution in [0.1, 0.15) is 25.5 Å². The van der Waals surface area contributed by atoms with Gasteiger partial charge in [-0.15, -0.1) is 0 Å². The predicted octanol–water partition coefficient (Wildman–Crippen LogP) is 1.59. The Morgan fingerprint density at radius 3 is 2.76 bits per heavy atom. The molecular weight excluding hydrogens is 266 g/mol. The van der Waals surface area contributed by atoms with Gasteiger partial charge in [0.15, 0.2) is 5.65 Å². The van der Waals surface area contributed by atoms with Gasteiger partial charge in [0.1, 0.15) is 5.52 Å². The first-order valence-corrected chi connectivity index (χ1v) is 7.34. The third kappa shape index (κ3) is 2.51. The van der Waals surface area contributed by atoms with E-state index in [1.54, 1.807) is 6.20 Å². The third-order valence-electron chi connectivity index (χ3n) is 3.76. The van der Waals surface area contributed by atoms with Crippen LogP contribution in [0.15, 0.2) is 18.7 Å². The number of hydrogen-bond acceptors (Lipinski definition) is 4. The molecule has 3 aromatic heterocycles. The number of anilines is 1. The van der Waals surface area contributed by atoms with E-state index in [2.05, 4.69) is 31.1 Å². The van der Waals surface area contributed by atoms with E-state index < -0.39 is 0 Å². The molecule has 3 heterocycles. The van der Waals surface area contributed by atoms with Crippen LogP contribution in [-0.2, 0) is 26.6 Å². The highest BCUT2D eigenvalue weighted by Crippen LogP contribution is 2.21. The molecule has 0 aliphatic rings. The molecule has 0 fully saturated rings. The summed E-state index contributed by atoms with van der Waals surface area (Å²) in [5.41, 5.74) is 9.03. The fourth-order valence-electron chi connectivity index (χ4n) is 2.70. The Hall–Kier alpha value is -2.31. The third-order valence-corrected chi connectivity index (χ3v) is 3.76. The Labute approximate surface area is 123 Å². The molecule has 112 valence electrons. The van der Waals surface area contributed by atoms with Crippen LogP contribution in [0.2, 0.25) is 0 Å². The molecule has 3 rings (SSSR count). The lowest BCUT2D eigenvalue weighted by Gasteiger charge is -2.07. The lowest BCUT2D eigenvalue weighted by Crippen LogP contribution is -2.08. The molecule has 2 N–H and O–H groups in total. The Balaban J connectivity index is 1.71. The van der Waals surface area contributed by atoms with Gasteiger partial charge in [-0.1, -0.05) is 6.92 Å². The SMILES string of the molecule is CCc1nn(C)c2c1nc(N)n2CCCCn1ccnc1. The van der Waals surface area contributed by atoms with E-state index in [0.29, 0.717) is 5.95 Å². The van der Waals surface area contributed by atoms with Crippen LogP contribution in [0.3, 0.4) is 0 Å². The van der Waals surface area contributed by atoms with Gasteiger partial charge in [-0.3, -0.25) is 9.25 Å². The summed E-state index contributed by atoms with van der Waals surface area (Å²) in [5, 5.41) is 4.50. The molecule has 0 spiro atoms. The lowest BCUT2D eigenvalue weighted by molar-refractivity contribution is 0.556. The minimum atomic E-state index is 0.579. The second kappa shape index (κ2) is 5.59. The molecule has 0 bridgehead atoms. The summed E-state index contributed by atoms with van der Waals surface area (Å²) in [6.45, 7) is 3.92. The van der Waals surface area contributed by atoms with Crippen molar-refractivity contribution in [2.24, 2.45) is 7.05 Å². The van der Waals surface area contributed by atoms with Crippen LogP contribution in [0.25, 0.3) is 11.2 Å². The number of nitrogens with zero attached hydrogens (tertiary/aromatic N) is 6. The normalized spacial score (nSPS) is 11.5. The second-order valence-electron chi connectivity index (χ2n) is 5.23. The maximum Gasteiger partial charge on any atom is 0.202 e. The van der Waals surface area contributed by atoms with Gasteiger partial charge in [0.05, 0.1) is 12.0 Å². The highest BCUT2D eigenvalue weighted by atomic mass is 15.3. The average Bonchev–Trinajstić information content (AvgIpc) is 3.15. The van der Waals surface area contributed by atoms with Gasteiger partial charge in [-0.2, -0.15) is 5.10 Å². The largest absolute Gasteiger partial charge is 0.369 e. The Morgan fingerprint density at radius 2 is 2.05 bits per heavy atom. The molecule has 0 unspecified atom stereocenters. The van der Waals surface area contributed by atoms with Crippen LogP contribution < -0.4 is 5.73 Å². The number of fused-ring (bicyclic) bond motifs is 1. The maximum atomic E-state index is 6.06. The number of rotatable bonds is 6. The van der Waals surface area contributed by atoms with E-state index in [9.17, 15) is 0 Å². The summed E-state index contributed by atoms with van der Waals surface area (Å²) in [6, 6.07) is 0. The van der Waals surface area contributed by atoms with Gasteiger partial charge >= 0.3 is 0 Å².